The number of carbonyl (C=O) groups excluding carboxylic acids is 1. The minimum Gasteiger partial charge on any atom is -0.481 e. The van der Waals surface area contributed by atoms with Crippen molar-refractivity contribution >= 4 is 11.9 Å². The summed E-state index contributed by atoms with van der Waals surface area (Å²) in [5, 5.41) is 9.57. The van der Waals surface area contributed by atoms with Gasteiger partial charge in [0, 0.05) is 32.7 Å². The summed E-state index contributed by atoms with van der Waals surface area (Å²) in [6.07, 6.45) is 2.85. The molecule has 4 rings (SSSR count). The number of benzene rings is 1. The van der Waals surface area contributed by atoms with Gasteiger partial charge in [-0.3, -0.25) is 14.5 Å². The third-order valence-corrected chi connectivity index (χ3v) is 6.49. The lowest BCUT2D eigenvalue weighted by Crippen LogP contribution is -2.52. The normalized spacial score (nSPS) is 31.3. The van der Waals surface area contributed by atoms with Crippen LogP contribution in [-0.4, -0.2) is 53.0 Å². The predicted octanol–water partition coefficient (Wildman–Crippen LogP) is 2.22. The van der Waals surface area contributed by atoms with E-state index in [4.69, 9.17) is 0 Å². The highest BCUT2D eigenvalue weighted by molar-refractivity contribution is 5.86. The van der Waals surface area contributed by atoms with E-state index < -0.39 is 11.9 Å². The number of amides is 1. The number of nitrogens with zero attached hydrogens (tertiary/aromatic N) is 2. The SMILES string of the molecule is O=C(O)C1C2CCC(C2)C1C(=O)N1CCN(Cc2ccc(F)cc2)CC1. The number of fused-ring (bicyclic) bond motifs is 2. The molecule has 5 nitrogen and oxygen atoms in total. The highest BCUT2D eigenvalue weighted by Gasteiger charge is 2.54. The van der Waals surface area contributed by atoms with E-state index >= 15 is 0 Å². The molecule has 1 heterocycles. The molecule has 1 N–H and O–H groups in total. The molecule has 140 valence electrons. The van der Waals surface area contributed by atoms with Crippen LogP contribution in [0.4, 0.5) is 4.39 Å². The van der Waals surface area contributed by atoms with Crippen LogP contribution < -0.4 is 0 Å². The van der Waals surface area contributed by atoms with Gasteiger partial charge in [-0.2, -0.15) is 0 Å². The molecule has 0 radical (unpaired) electrons. The molecular weight excluding hydrogens is 335 g/mol. The number of carbonyl (C=O) groups is 2. The standard InChI is InChI=1S/C20H25FN2O3/c21-16-5-1-13(2-6-16)12-22-7-9-23(10-8-22)19(24)17-14-3-4-15(11-14)18(17)20(25)26/h1-2,5-6,14-15,17-18H,3-4,7-12H2,(H,25,26). The van der Waals surface area contributed by atoms with E-state index in [0.717, 1.165) is 44.5 Å². The molecule has 2 bridgehead atoms. The van der Waals surface area contributed by atoms with Gasteiger partial charge in [0.25, 0.3) is 0 Å². The summed E-state index contributed by atoms with van der Waals surface area (Å²) in [6.45, 7) is 3.55. The minimum absolute atomic E-state index is 0.0473. The Kier molecular flexibility index (Phi) is 4.69. The van der Waals surface area contributed by atoms with Gasteiger partial charge in [0.05, 0.1) is 11.8 Å². The van der Waals surface area contributed by atoms with Crippen LogP contribution in [0.1, 0.15) is 24.8 Å². The third kappa shape index (κ3) is 3.22. The highest BCUT2D eigenvalue weighted by atomic mass is 19.1. The minimum atomic E-state index is -0.800. The van der Waals surface area contributed by atoms with E-state index in [1.807, 2.05) is 4.90 Å². The fourth-order valence-corrected chi connectivity index (χ4v) is 5.19. The van der Waals surface area contributed by atoms with Gasteiger partial charge in [-0.15, -0.1) is 0 Å². The molecule has 0 spiro atoms. The smallest absolute Gasteiger partial charge is 0.307 e. The Balaban J connectivity index is 1.35. The molecule has 3 fully saturated rings. The Morgan fingerprint density at radius 3 is 2.23 bits per heavy atom. The highest BCUT2D eigenvalue weighted by Crippen LogP contribution is 2.53. The van der Waals surface area contributed by atoms with Gasteiger partial charge in [0.15, 0.2) is 0 Å². The van der Waals surface area contributed by atoms with E-state index in [1.165, 1.54) is 12.1 Å². The van der Waals surface area contributed by atoms with Crippen molar-refractivity contribution in [2.24, 2.45) is 23.7 Å². The fourth-order valence-electron chi connectivity index (χ4n) is 5.19. The fraction of sp³-hybridized carbons (Fsp3) is 0.600. The predicted molar refractivity (Wildman–Crippen MR) is 93.7 cm³/mol. The van der Waals surface area contributed by atoms with Crippen LogP contribution in [0.5, 0.6) is 0 Å². The van der Waals surface area contributed by atoms with Crippen LogP contribution in [0.25, 0.3) is 0 Å². The van der Waals surface area contributed by atoms with Crippen LogP contribution in [0.15, 0.2) is 24.3 Å². The van der Waals surface area contributed by atoms with E-state index in [0.29, 0.717) is 13.1 Å². The second kappa shape index (κ2) is 6.99. The van der Waals surface area contributed by atoms with Crippen molar-refractivity contribution in [3.63, 3.8) is 0 Å². The second-order valence-electron chi connectivity index (χ2n) is 7.95. The summed E-state index contributed by atoms with van der Waals surface area (Å²) in [5.41, 5.74) is 1.06. The molecule has 2 saturated carbocycles. The largest absolute Gasteiger partial charge is 0.481 e. The second-order valence-corrected chi connectivity index (χ2v) is 7.95. The molecule has 4 atom stereocenters. The van der Waals surface area contributed by atoms with Gasteiger partial charge < -0.3 is 10.0 Å². The Bertz CT molecular complexity index is 685. The maximum atomic E-state index is 13.0. The number of carboxylic acid groups (broad SMARTS) is 1. The molecule has 6 heteroatoms. The van der Waals surface area contributed by atoms with Crippen LogP contribution in [-0.2, 0) is 16.1 Å². The van der Waals surface area contributed by atoms with E-state index in [1.54, 1.807) is 12.1 Å². The van der Waals surface area contributed by atoms with Crippen molar-refractivity contribution in [1.29, 1.82) is 0 Å². The molecule has 4 unspecified atom stereocenters. The maximum absolute atomic E-state index is 13.0. The molecular formula is C20H25FN2O3. The van der Waals surface area contributed by atoms with Crippen molar-refractivity contribution in [1.82, 2.24) is 9.80 Å². The Labute approximate surface area is 152 Å². The van der Waals surface area contributed by atoms with Crippen LogP contribution in [0, 0.1) is 29.5 Å². The third-order valence-electron chi connectivity index (χ3n) is 6.49. The number of hydrogen-bond acceptors (Lipinski definition) is 3. The summed E-state index contributed by atoms with van der Waals surface area (Å²) in [5.74, 6) is -1.36. The van der Waals surface area contributed by atoms with Crippen molar-refractivity contribution in [2.45, 2.75) is 25.8 Å². The van der Waals surface area contributed by atoms with E-state index in [2.05, 4.69) is 4.90 Å². The summed E-state index contributed by atoms with van der Waals surface area (Å²) in [7, 11) is 0. The van der Waals surface area contributed by atoms with Crippen molar-refractivity contribution in [3.8, 4) is 0 Å². The van der Waals surface area contributed by atoms with Crippen molar-refractivity contribution < 1.29 is 19.1 Å². The lowest BCUT2D eigenvalue weighted by molar-refractivity contribution is -0.153. The zero-order chi connectivity index (χ0) is 18.3. The molecule has 1 aromatic carbocycles. The summed E-state index contributed by atoms with van der Waals surface area (Å²) < 4.78 is 13.0. The van der Waals surface area contributed by atoms with Gasteiger partial charge in [-0.05, 0) is 48.8 Å². The molecule has 26 heavy (non-hydrogen) atoms. The monoisotopic (exact) mass is 360 g/mol. The first-order chi connectivity index (χ1) is 12.5. The zero-order valence-electron chi connectivity index (χ0n) is 14.8. The number of piperazine rings is 1. The summed E-state index contributed by atoms with van der Waals surface area (Å²) in [6, 6.07) is 6.52. The molecule has 1 amide bonds. The summed E-state index contributed by atoms with van der Waals surface area (Å²) >= 11 is 0. The van der Waals surface area contributed by atoms with E-state index in [-0.39, 0.29) is 29.5 Å². The Hall–Kier alpha value is -1.95. The lowest BCUT2D eigenvalue weighted by Gasteiger charge is -2.38. The molecule has 0 aromatic heterocycles. The first kappa shape index (κ1) is 17.5. The molecule has 1 aromatic rings. The first-order valence-corrected chi connectivity index (χ1v) is 9.51. The first-order valence-electron chi connectivity index (χ1n) is 9.51. The number of halogens is 1. The van der Waals surface area contributed by atoms with E-state index in [9.17, 15) is 19.1 Å². The van der Waals surface area contributed by atoms with Gasteiger partial charge >= 0.3 is 5.97 Å². The Morgan fingerprint density at radius 2 is 1.62 bits per heavy atom. The summed E-state index contributed by atoms with van der Waals surface area (Å²) in [4.78, 5) is 28.8. The average molecular weight is 360 g/mol. The Morgan fingerprint density at radius 1 is 1.00 bits per heavy atom. The molecule has 3 aliphatic rings. The van der Waals surface area contributed by atoms with Gasteiger partial charge in [-0.25, -0.2) is 4.39 Å². The van der Waals surface area contributed by atoms with Crippen LogP contribution >= 0.6 is 0 Å². The van der Waals surface area contributed by atoms with Crippen LogP contribution in [0.2, 0.25) is 0 Å². The average Bonchev–Trinajstić information content (AvgIpc) is 3.25. The number of carboxylic acids is 1. The number of rotatable bonds is 4. The zero-order valence-corrected chi connectivity index (χ0v) is 14.8. The quantitative estimate of drug-likeness (QED) is 0.894. The van der Waals surface area contributed by atoms with Crippen LogP contribution in [0.3, 0.4) is 0 Å². The van der Waals surface area contributed by atoms with Gasteiger partial charge in [0.1, 0.15) is 5.82 Å². The topological polar surface area (TPSA) is 60.9 Å². The van der Waals surface area contributed by atoms with Crippen molar-refractivity contribution in [2.75, 3.05) is 26.2 Å². The van der Waals surface area contributed by atoms with Crippen molar-refractivity contribution in [3.05, 3.63) is 35.6 Å². The number of aliphatic carboxylic acids is 1. The molecule has 1 saturated heterocycles. The maximum Gasteiger partial charge on any atom is 0.307 e. The van der Waals surface area contributed by atoms with Gasteiger partial charge in [0.2, 0.25) is 5.91 Å². The molecule has 1 aliphatic heterocycles. The molecule has 2 aliphatic carbocycles. The number of hydrogen-bond donors (Lipinski definition) is 1. The van der Waals surface area contributed by atoms with Gasteiger partial charge in [-0.1, -0.05) is 12.1 Å². The lowest BCUT2D eigenvalue weighted by atomic mass is 9.78.